The maximum Gasteiger partial charge on any atom is 0.281 e. The van der Waals surface area contributed by atoms with Gasteiger partial charge in [0.2, 0.25) is 5.95 Å². The van der Waals surface area contributed by atoms with Crippen molar-refractivity contribution in [2.24, 2.45) is 0 Å². The second-order valence-corrected chi connectivity index (χ2v) is 7.26. The molecule has 1 heterocycles. The Balaban J connectivity index is 1.71. The average molecular weight is 449 g/mol. The van der Waals surface area contributed by atoms with Gasteiger partial charge in [0.15, 0.2) is 17.3 Å². The summed E-state index contributed by atoms with van der Waals surface area (Å²) in [6.45, 7) is 0.381. The highest BCUT2D eigenvalue weighted by atomic mass is 35.5. The van der Waals surface area contributed by atoms with Crippen LogP contribution < -0.4 is 14.8 Å². The molecule has 162 valence electrons. The monoisotopic (exact) mass is 448 g/mol. The van der Waals surface area contributed by atoms with Gasteiger partial charge in [-0.2, -0.15) is 9.67 Å². The molecule has 4 aromatic rings. The van der Waals surface area contributed by atoms with Crippen molar-refractivity contribution in [2.45, 2.75) is 6.54 Å². The second kappa shape index (κ2) is 9.53. The summed E-state index contributed by atoms with van der Waals surface area (Å²) in [6.07, 6.45) is 0. The number of ether oxygens (including phenoxy) is 2. The minimum Gasteiger partial charge on any atom is -0.493 e. The van der Waals surface area contributed by atoms with E-state index in [1.54, 1.807) is 25.3 Å². The molecule has 7 nitrogen and oxygen atoms in total. The van der Waals surface area contributed by atoms with E-state index in [-0.39, 0.29) is 5.91 Å². The third kappa shape index (κ3) is 4.43. The van der Waals surface area contributed by atoms with Gasteiger partial charge in [-0.15, -0.1) is 5.10 Å². The SMILES string of the molecule is COc1ccc(C(=O)n2nc(-c3ccccc3)nc2NCc2ccccc2Cl)cc1OC. The van der Waals surface area contributed by atoms with Crippen LogP contribution in [-0.4, -0.2) is 34.9 Å². The molecule has 0 bridgehead atoms. The number of anilines is 1. The zero-order valence-corrected chi connectivity index (χ0v) is 18.3. The van der Waals surface area contributed by atoms with Crippen LogP contribution >= 0.6 is 11.6 Å². The molecule has 32 heavy (non-hydrogen) atoms. The van der Waals surface area contributed by atoms with E-state index in [1.165, 1.54) is 11.8 Å². The highest BCUT2D eigenvalue weighted by Crippen LogP contribution is 2.28. The quantitative estimate of drug-likeness (QED) is 0.432. The number of carbonyl (C=O) groups excluding carboxylic acids is 1. The van der Waals surface area contributed by atoms with Crippen LogP contribution in [0.15, 0.2) is 72.8 Å². The fourth-order valence-electron chi connectivity index (χ4n) is 3.19. The maximum absolute atomic E-state index is 13.4. The Bertz CT molecular complexity index is 1240. The molecule has 0 saturated carbocycles. The Morgan fingerprint density at radius 3 is 2.41 bits per heavy atom. The number of rotatable bonds is 7. The molecule has 0 aliphatic carbocycles. The third-order valence-corrected chi connectivity index (χ3v) is 5.23. The lowest BCUT2D eigenvalue weighted by Crippen LogP contribution is -2.17. The number of hydrogen-bond acceptors (Lipinski definition) is 6. The summed E-state index contributed by atoms with van der Waals surface area (Å²) in [5, 5.41) is 8.29. The lowest BCUT2D eigenvalue weighted by Gasteiger charge is -2.11. The number of methoxy groups -OCH3 is 2. The zero-order chi connectivity index (χ0) is 22.5. The van der Waals surface area contributed by atoms with E-state index in [0.29, 0.717) is 40.4 Å². The predicted octanol–water partition coefficient (Wildman–Crippen LogP) is 4.92. The summed E-state index contributed by atoms with van der Waals surface area (Å²) in [5.41, 5.74) is 2.06. The third-order valence-electron chi connectivity index (χ3n) is 4.86. The van der Waals surface area contributed by atoms with Crippen LogP contribution in [0.5, 0.6) is 11.5 Å². The molecule has 0 spiro atoms. The van der Waals surface area contributed by atoms with Crippen molar-refractivity contribution in [3.63, 3.8) is 0 Å². The molecule has 0 radical (unpaired) electrons. The molecule has 0 aliphatic rings. The standard InChI is InChI=1S/C24H21ClN4O3/c1-31-20-13-12-17(14-21(20)32-2)23(30)29-24(26-15-18-10-6-7-11-19(18)25)27-22(28-29)16-8-4-3-5-9-16/h3-14H,15H2,1-2H3,(H,26,27,28). The van der Waals surface area contributed by atoms with Crippen molar-refractivity contribution in [1.29, 1.82) is 0 Å². The molecule has 1 N–H and O–H groups in total. The topological polar surface area (TPSA) is 78.3 Å². The van der Waals surface area contributed by atoms with Gasteiger partial charge in [-0.05, 0) is 29.8 Å². The van der Waals surface area contributed by atoms with Crippen LogP contribution in [0.4, 0.5) is 5.95 Å². The normalized spacial score (nSPS) is 10.6. The van der Waals surface area contributed by atoms with E-state index < -0.39 is 0 Å². The molecule has 0 atom stereocenters. The number of benzene rings is 3. The molecule has 4 rings (SSSR count). The van der Waals surface area contributed by atoms with E-state index >= 15 is 0 Å². The number of carbonyl (C=O) groups is 1. The number of hydrogen-bond donors (Lipinski definition) is 1. The molecular formula is C24H21ClN4O3. The molecule has 0 aliphatic heterocycles. The fraction of sp³-hybridized carbons (Fsp3) is 0.125. The Morgan fingerprint density at radius 1 is 0.969 bits per heavy atom. The van der Waals surface area contributed by atoms with Gasteiger partial charge in [0, 0.05) is 22.7 Å². The van der Waals surface area contributed by atoms with Gasteiger partial charge < -0.3 is 14.8 Å². The van der Waals surface area contributed by atoms with Gasteiger partial charge in [-0.1, -0.05) is 60.1 Å². The number of aromatic nitrogens is 3. The van der Waals surface area contributed by atoms with E-state index in [2.05, 4.69) is 15.4 Å². The van der Waals surface area contributed by atoms with Gasteiger partial charge in [0.1, 0.15) is 0 Å². The van der Waals surface area contributed by atoms with Gasteiger partial charge in [-0.3, -0.25) is 4.79 Å². The van der Waals surface area contributed by atoms with Gasteiger partial charge in [0.05, 0.1) is 14.2 Å². The Labute approximate surface area is 190 Å². The predicted molar refractivity (Wildman–Crippen MR) is 124 cm³/mol. The van der Waals surface area contributed by atoms with E-state index in [1.807, 2.05) is 54.6 Å². The lowest BCUT2D eigenvalue weighted by atomic mass is 10.2. The summed E-state index contributed by atoms with van der Waals surface area (Å²) in [4.78, 5) is 17.9. The lowest BCUT2D eigenvalue weighted by molar-refractivity contribution is 0.0947. The molecule has 0 saturated heterocycles. The molecule has 0 fully saturated rings. The largest absolute Gasteiger partial charge is 0.493 e. The molecule has 3 aromatic carbocycles. The number of nitrogens with one attached hydrogen (secondary N) is 1. The smallest absolute Gasteiger partial charge is 0.281 e. The minimum atomic E-state index is -0.359. The maximum atomic E-state index is 13.4. The first-order chi connectivity index (χ1) is 15.6. The fourth-order valence-corrected chi connectivity index (χ4v) is 3.39. The molecular weight excluding hydrogens is 428 g/mol. The summed E-state index contributed by atoms with van der Waals surface area (Å²) >= 11 is 6.28. The van der Waals surface area contributed by atoms with Gasteiger partial charge in [0.25, 0.3) is 5.91 Å². The highest BCUT2D eigenvalue weighted by molar-refractivity contribution is 6.31. The second-order valence-electron chi connectivity index (χ2n) is 6.86. The van der Waals surface area contributed by atoms with E-state index in [4.69, 9.17) is 21.1 Å². The summed E-state index contributed by atoms with van der Waals surface area (Å²) in [6, 6.07) is 21.9. The van der Waals surface area contributed by atoms with Crippen molar-refractivity contribution in [2.75, 3.05) is 19.5 Å². The molecule has 0 unspecified atom stereocenters. The van der Waals surface area contributed by atoms with E-state index in [9.17, 15) is 4.79 Å². The number of nitrogens with zero attached hydrogens (tertiary/aromatic N) is 3. The Hall–Kier alpha value is -3.84. The first-order valence-corrected chi connectivity index (χ1v) is 10.2. The minimum absolute atomic E-state index is 0.309. The average Bonchev–Trinajstić information content (AvgIpc) is 3.27. The van der Waals surface area contributed by atoms with Crippen molar-refractivity contribution < 1.29 is 14.3 Å². The highest BCUT2D eigenvalue weighted by Gasteiger charge is 2.20. The first-order valence-electron chi connectivity index (χ1n) is 9.87. The first kappa shape index (κ1) is 21.4. The molecule has 8 heteroatoms. The van der Waals surface area contributed by atoms with Crippen molar-refractivity contribution in [3.8, 4) is 22.9 Å². The summed E-state index contributed by atoms with van der Waals surface area (Å²) in [7, 11) is 3.06. The van der Waals surface area contributed by atoms with Crippen LogP contribution in [0.3, 0.4) is 0 Å². The Kier molecular flexibility index (Phi) is 6.37. The van der Waals surface area contributed by atoms with Gasteiger partial charge >= 0.3 is 0 Å². The summed E-state index contributed by atoms with van der Waals surface area (Å²) < 4.78 is 11.8. The van der Waals surface area contributed by atoms with Crippen molar-refractivity contribution >= 4 is 23.5 Å². The van der Waals surface area contributed by atoms with Crippen LogP contribution in [-0.2, 0) is 6.54 Å². The summed E-state index contributed by atoms with van der Waals surface area (Å²) in [5.74, 6) is 1.36. The van der Waals surface area contributed by atoms with Crippen molar-refractivity contribution in [1.82, 2.24) is 14.8 Å². The van der Waals surface area contributed by atoms with Crippen LogP contribution in [0.2, 0.25) is 5.02 Å². The van der Waals surface area contributed by atoms with Crippen LogP contribution in [0.1, 0.15) is 15.9 Å². The molecule has 1 aromatic heterocycles. The number of halogens is 1. The van der Waals surface area contributed by atoms with Crippen LogP contribution in [0, 0.1) is 0 Å². The Morgan fingerprint density at radius 2 is 1.69 bits per heavy atom. The molecule has 0 amide bonds. The zero-order valence-electron chi connectivity index (χ0n) is 17.6. The van der Waals surface area contributed by atoms with E-state index in [0.717, 1.165) is 11.1 Å². The van der Waals surface area contributed by atoms with Gasteiger partial charge in [-0.25, -0.2) is 0 Å². The van der Waals surface area contributed by atoms with Crippen LogP contribution in [0.25, 0.3) is 11.4 Å². The van der Waals surface area contributed by atoms with Crippen molar-refractivity contribution in [3.05, 3.63) is 88.9 Å².